The van der Waals surface area contributed by atoms with Crippen molar-refractivity contribution in [1.82, 2.24) is 9.80 Å². The van der Waals surface area contributed by atoms with Crippen LogP contribution in [0.3, 0.4) is 0 Å². The second-order valence-electron chi connectivity index (χ2n) is 9.21. The van der Waals surface area contributed by atoms with Crippen LogP contribution in [-0.4, -0.2) is 69.5 Å². The number of piperidine rings is 2. The fourth-order valence-corrected chi connectivity index (χ4v) is 4.89. The zero-order valence-electron chi connectivity index (χ0n) is 20.3. The molecule has 2 aromatic carbocycles. The second kappa shape index (κ2) is 13.9. The Morgan fingerprint density at radius 2 is 1.58 bits per heavy atom. The molecule has 2 atom stereocenters. The largest absolute Gasteiger partial charge is 0.390 e. The predicted molar refractivity (Wildman–Crippen MR) is 131 cm³/mol. The highest BCUT2D eigenvalue weighted by atomic mass is 19.1. The quantitative estimate of drug-likeness (QED) is 0.248. The van der Waals surface area contributed by atoms with Gasteiger partial charge in [0, 0.05) is 37.2 Å². The molecule has 0 aromatic heterocycles. The maximum Gasteiger partial charge on any atom is 0.204 e. The maximum absolute atomic E-state index is 13.1. The van der Waals surface area contributed by atoms with Gasteiger partial charge in [0.1, 0.15) is 5.82 Å². The van der Waals surface area contributed by atoms with Gasteiger partial charge in [-0.05, 0) is 57.0 Å². The normalized spacial score (nSPS) is 20.9. The van der Waals surface area contributed by atoms with Crippen LogP contribution in [0, 0.1) is 30.9 Å². The molecular formula is C27H33FN2O6. The van der Waals surface area contributed by atoms with Gasteiger partial charge >= 0.3 is 0 Å². The van der Waals surface area contributed by atoms with E-state index < -0.39 is 6.10 Å². The number of hydrogen-bond acceptors (Lipinski definition) is 8. The van der Waals surface area contributed by atoms with E-state index in [0.29, 0.717) is 6.54 Å². The molecule has 0 aliphatic carbocycles. The topological polar surface area (TPSA) is 103 Å². The number of Topliss-reactive ketones (excluding diaryl/α,β-unsaturated/α-hetero) is 1. The molecule has 194 valence electrons. The molecule has 2 saturated heterocycles. The number of benzene rings is 2. The Morgan fingerprint density at radius 1 is 0.972 bits per heavy atom. The van der Waals surface area contributed by atoms with Gasteiger partial charge in [0.25, 0.3) is 0 Å². The van der Waals surface area contributed by atoms with Crippen molar-refractivity contribution < 1.29 is 34.6 Å². The third-order valence-corrected chi connectivity index (χ3v) is 6.79. The number of ketones is 1. The van der Waals surface area contributed by atoms with E-state index in [1.165, 1.54) is 29.9 Å². The zero-order chi connectivity index (χ0) is 25.9. The number of likely N-dealkylation sites (tertiary alicyclic amines) is 2. The van der Waals surface area contributed by atoms with E-state index in [1.54, 1.807) is 0 Å². The molecule has 2 aliphatic heterocycles. The van der Waals surface area contributed by atoms with Gasteiger partial charge in [-0.1, -0.05) is 42.0 Å². The summed E-state index contributed by atoms with van der Waals surface area (Å²) in [6.07, 6.45) is 5.29. The Kier molecular flexibility index (Phi) is 10.7. The second-order valence-corrected chi connectivity index (χ2v) is 9.21. The number of carbonyl (C=O) groups excluding carboxylic acids is 1. The Bertz CT molecular complexity index is 1010. The van der Waals surface area contributed by atoms with E-state index in [-0.39, 0.29) is 23.6 Å². The highest BCUT2D eigenvalue weighted by Crippen LogP contribution is 2.27. The molecule has 2 unspecified atom stereocenters. The fourth-order valence-electron chi connectivity index (χ4n) is 4.89. The standard InChI is InChI=1S/C25H31FN2O2.C2H2O4/c1-18-2-6-20(7-3-18)25(30)21-10-14-28(15-11-21)23-12-13-27(17-24(23)29)16-19-4-8-22(26)9-5-19;3-5-1-2-6-4/h2-9,21,23-24,29H,10-17H2,1H3;3-4H. The van der Waals surface area contributed by atoms with Crippen LogP contribution in [-0.2, 0) is 16.3 Å². The van der Waals surface area contributed by atoms with Crippen LogP contribution in [0.5, 0.6) is 0 Å². The van der Waals surface area contributed by atoms with Crippen LogP contribution in [0.1, 0.15) is 40.7 Å². The number of halogens is 1. The number of aliphatic hydroxyl groups is 1. The van der Waals surface area contributed by atoms with E-state index in [2.05, 4.69) is 19.6 Å². The van der Waals surface area contributed by atoms with Gasteiger partial charge in [0.15, 0.2) is 5.78 Å². The molecule has 36 heavy (non-hydrogen) atoms. The average molecular weight is 501 g/mol. The predicted octanol–water partition coefficient (Wildman–Crippen LogP) is 3.55. The number of carbonyl (C=O) groups is 1. The van der Waals surface area contributed by atoms with Gasteiger partial charge in [-0.25, -0.2) is 4.39 Å². The first-order chi connectivity index (χ1) is 17.4. The first kappa shape index (κ1) is 27.6. The lowest BCUT2D eigenvalue weighted by Crippen LogP contribution is -2.55. The number of aryl methyl sites for hydroxylation is 1. The first-order valence-electron chi connectivity index (χ1n) is 12.0. The summed E-state index contributed by atoms with van der Waals surface area (Å²) in [6.45, 7) is 6.04. The summed E-state index contributed by atoms with van der Waals surface area (Å²) in [7, 11) is 0. The molecule has 0 spiro atoms. The molecule has 2 aliphatic rings. The van der Waals surface area contributed by atoms with Crippen LogP contribution < -0.4 is 0 Å². The van der Waals surface area contributed by atoms with Crippen molar-refractivity contribution in [3.05, 3.63) is 71.0 Å². The summed E-state index contributed by atoms with van der Waals surface area (Å²) in [4.78, 5) is 23.7. The molecule has 8 nitrogen and oxygen atoms in total. The van der Waals surface area contributed by atoms with E-state index in [1.807, 2.05) is 43.3 Å². The summed E-state index contributed by atoms with van der Waals surface area (Å²) in [6, 6.07) is 14.6. The third-order valence-electron chi connectivity index (χ3n) is 6.79. The van der Waals surface area contributed by atoms with Gasteiger partial charge in [-0.3, -0.25) is 24.4 Å². The van der Waals surface area contributed by atoms with Crippen LogP contribution in [0.2, 0.25) is 0 Å². The smallest absolute Gasteiger partial charge is 0.204 e. The lowest BCUT2D eigenvalue weighted by atomic mass is 9.87. The van der Waals surface area contributed by atoms with Crippen LogP contribution in [0.4, 0.5) is 4.39 Å². The Hall–Kier alpha value is -3.00. The van der Waals surface area contributed by atoms with Gasteiger partial charge in [-0.2, -0.15) is 10.5 Å². The minimum atomic E-state index is -0.399. The Balaban J connectivity index is 0.000000538. The molecule has 2 heterocycles. The number of hydrogen-bond donors (Lipinski definition) is 3. The average Bonchev–Trinajstić information content (AvgIpc) is 2.89. The number of β-amino-alcohol motifs (C(OH)–C–C–N with tert-alkyl or cyclic N) is 1. The minimum absolute atomic E-state index is 0.0830. The van der Waals surface area contributed by atoms with E-state index in [4.69, 9.17) is 10.5 Å². The van der Waals surface area contributed by atoms with Gasteiger partial charge in [0.05, 0.1) is 6.10 Å². The molecular weight excluding hydrogens is 467 g/mol. The SMILES string of the molecule is Cc1ccc(C(=O)C2CCN(C3CCN(Cc4ccc(F)cc4)CC3O)CC2)cc1.OOC#COO. The third kappa shape index (κ3) is 8.01. The number of nitrogens with zero attached hydrogens (tertiary/aromatic N) is 2. The minimum Gasteiger partial charge on any atom is -0.390 e. The van der Waals surface area contributed by atoms with E-state index >= 15 is 0 Å². The molecule has 0 bridgehead atoms. The molecule has 0 amide bonds. The zero-order valence-corrected chi connectivity index (χ0v) is 20.3. The van der Waals surface area contributed by atoms with Crippen molar-refractivity contribution in [2.75, 3.05) is 26.2 Å². The van der Waals surface area contributed by atoms with E-state index in [9.17, 15) is 14.3 Å². The van der Waals surface area contributed by atoms with Crippen molar-refractivity contribution in [3.63, 3.8) is 0 Å². The van der Waals surface area contributed by atoms with Gasteiger partial charge < -0.3 is 5.11 Å². The van der Waals surface area contributed by atoms with Crippen molar-refractivity contribution in [1.29, 1.82) is 0 Å². The number of rotatable bonds is 5. The Morgan fingerprint density at radius 3 is 2.14 bits per heavy atom. The van der Waals surface area contributed by atoms with Crippen molar-refractivity contribution in [3.8, 4) is 12.2 Å². The Labute approximate surface area is 210 Å². The van der Waals surface area contributed by atoms with Gasteiger partial charge in [0.2, 0.25) is 12.2 Å². The lowest BCUT2D eigenvalue weighted by Gasteiger charge is -2.44. The summed E-state index contributed by atoms with van der Waals surface area (Å²) >= 11 is 0. The summed E-state index contributed by atoms with van der Waals surface area (Å²) in [5.74, 6) is 0.116. The highest BCUT2D eigenvalue weighted by Gasteiger charge is 2.35. The van der Waals surface area contributed by atoms with Crippen molar-refractivity contribution in [2.45, 2.75) is 44.9 Å². The van der Waals surface area contributed by atoms with Crippen molar-refractivity contribution in [2.24, 2.45) is 5.92 Å². The lowest BCUT2D eigenvalue weighted by molar-refractivity contribution is -0.188. The molecule has 2 aromatic rings. The summed E-state index contributed by atoms with van der Waals surface area (Å²) in [5, 5.41) is 25.4. The first-order valence-corrected chi connectivity index (χ1v) is 12.0. The molecule has 3 N–H and O–H groups in total. The molecule has 4 rings (SSSR count). The number of aliphatic hydroxyl groups excluding tert-OH is 1. The monoisotopic (exact) mass is 500 g/mol. The molecule has 0 saturated carbocycles. The van der Waals surface area contributed by atoms with Crippen LogP contribution in [0.15, 0.2) is 48.5 Å². The van der Waals surface area contributed by atoms with Crippen LogP contribution >= 0.6 is 0 Å². The van der Waals surface area contributed by atoms with Crippen LogP contribution in [0.25, 0.3) is 0 Å². The highest BCUT2D eigenvalue weighted by molar-refractivity contribution is 5.97. The van der Waals surface area contributed by atoms with Crippen molar-refractivity contribution >= 4 is 5.78 Å². The maximum atomic E-state index is 13.1. The molecule has 0 radical (unpaired) electrons. The van der Waals surface area contributed by atoms with Gasteiger partial charge in [-0.15, -0.1) is 0 Å². The fraction of sp³-hybridized carbons (Fsp3) is 0.444. The van der Waals surface area contributed by atoms with E-state index in [0.717, 1.165) is 56.6 Å². The summed E-state index contributed by atoms with van der Waals surface area (Å²) in [5.41, 5.74) is 3.05. The molecule has 9 heteroatoms. The molecule has 2 fully saturated rings. The summed E-state index contributed by atoms with van der Waals surface area (Å²) < 4.78 is 13.1.